The van der Waals surface area contributed by atoms with E-state index < -0.39 is 5.60 Å². The molecule has 0 radical (unpaired) electrons. The monoisotopic (exact) mass is 321 g/mol. The second-order valence-corrected chi connectivity index (χ2v) is 7.05. The van der Waals surface area contributed by atoms with Gasteiger partial charge in [-0.1, -0.05) is 0 Å². The summed E-state index contributed by atoms with van der Waals surface area (Å²) in [4.78, 5) is 24.9. The summed E-state index contributed by atoms with van der Waals surface area (Å²) in [5, 5.41) is 8.68. The molecule has 2 saturated heterocycles. The molecule has 8 nitrogen and oxygen atoms in total. The molecule has 2 aliphatic heterocycles. The summed E-state index contributed by atoms with van der Waals surface area (Å²) in [6, 6.07) is 0.381. The summed E-state index contributed by atoms with van der Waals surface area (Å²) in [6.07, 6.45) is 4.07. The minimum Gasteiger partial charge on any atom is -0.444 e. The first-order chi connectivity index (χ1) is 10.9. The Morgan fingerprint density at radius 3 is 2.57 bits per heavy atom. The molecule has 2 aliphatic rings. The molecule has 2 fully saturated rings. The van der Waals surface area contributed by atoms with Crippen LogP contribution < -0.4 is 10.4 Å². The van der Waals surface area contributed by atoms with Gasteiger partial charge >= 0.3 is 6.09 Å². The average molecular weight is 321 g/mol. The van der Waals surface area contributed by atoms with Gasteiger partial charge < -0.3 is 19.7 Å². The maximum Gasteiger partial charge on any atom is 0.410 e. The maximum atomic E-state index is 12.2. The van der Waals surface area contributed by atoms with Gasteiger partial charge in [0.05, 0.1) is 12.1 Å². The van der Waals surface area contributed by atoms with Gasteiger partial charge in [0, 0.05) is 37.6 Å². The number of amides is 1. The number of carbonyl (C=O) groups excluding carboxylic acids is 1. The van der Waals surface area contributed by atoms with Gasteiger partial charge in [-0.15, -0.1) is 0 Å². The van der Waals surface area contributed by atoms with E-state index in [2.05, 4.69) is 20.3 Å². The van der Waals surface area contributed by atoms with Crippen molar-refractivity contribution in [3.63, 3.8) is 0 Å². The molecule has 1 aromatic heterocycles. The number of anilines is 1. The van der Waals surface area contributed by atoms with Gasteiger partial charge in [0.15, 0.2) is 0 Å². The average Bonchev–Trinajstić information content (AvgIpc) is 3.07. The number of hydrogen-bond acceptors (Lipinski definition) is 7. The second kappa shape index (κ2) is 5.93. The molecule has 0 saturated carbocycles. The Hall–Kier alpha value is -1.93. The molecule has 2 N–H and O–H groups in total. The summed E-state index contributed by atoms with van der Waals surface area (Å²) in [5.41, 5.74) is 2.43. The zero-order valence-corrected chi connectivity index (χ0v) is 13.7. The highest BCUT2D eigenvalue weighted by Gasteiger charge is 2.47. The lowest BCUT2D eigenvalue weighted by molar-refractivity contribution is 0.0214. The first-order valence-electron chi connectivity index (χ1n) is 7.81. The summed E-state index contributed by atoms with van der Waals surface area (Å²) in [6.45, 7) is 7.32. The summed E-state index contributed by atoms with van der Waals surface area (Å²) in [7, 11) is 0. The Bertz CT molecular complexity index is 571. The van der Waals surface area contributed by atoms with E-state index in [4.69, 9.17) is 9.94 Å². The number of ether oxygens (including phenoxy) is 1. The molecule has 0 spiro atoms. The Labute approximate surface area is 135 Å². The Morgan fingerprint density at radius 1 is 1.35 bits per heavy atom. The van der Waals surface area contributed by atoms with Crippen LogP contribution in [0.25, 0.3) is 0 Å². The van der Waals surface area contributed by atoms with Crippen LogP contribution in [-0.4, -0.2) is 56.9 Å². The van der Waals surface area contributed by atoms with E-state index in [1.165, 1.54) is 0 Å². The van der Waals surface area contributed by atoms with Crippen LogP contribution in [0.4, 0.5) is 10.7 Å². The molecule has 2 bridgehead atoms. The third kappa shape index (κ3) is 3.37. The summed E-state index contributed by atoms with van der Waals surface area (Å²) < 4.78 is 5.46. The molecule has 126 valence electrons. The van der Waals surface area contributed by atoms with Crippen LogP contribution in [0, 0.1) is 0 Å². The number of likely N-dealkylation sites (tertiary alicyclic amines) is 1. The van der Waals surface area contributed by atoms with Crippen molar-refractivity contribution in [3.8, 4) is 0 Å². The maximum absolute atomic E-state index is 12.2. The highest BCUT2D eigenvalue weighted by molar-refractivity contribution is 5.70. The Balaban J connectivity index is 1.63. The van der Waals surface area contributed by atoms with Crippen LogP contribution >= 0.6 is 0 Å². The quantitative estimate of drug-likeness (QED) is 0.807. The van der Waals surface area contributed by atoms with E-state index in [1.54, 1.807) is 12.4 Å². The number of hydrogen-bond donors (Lipinski definition) is 2. The Kier molecular flexibility index (Phi) is 4.11. The highest BCUT2D eigenvalue weighted by Crippen LogP contribution is 2.33. The number of carbonyl (C=O) groups is 1. The third-order valence-electron chi connectivity index (χ3n) is 4.10. The summed E-state index contributed by atoms with van der Waals surface area (Å²) >= 11 is 0. The van der Waals surface area contributed by atoms with Crippen molar-refractivity contribution in [2.24, 2.45) is 0 Å². The first-order valence-corrected chi connectivity index (χ1v) is 7.81. The zero-order valence-electron chi connectivity index (χ0n) is 13.7. The van der Waals surface area contributed by atoms with Gasteiger partial charge in [0.2, 0.25) is 5.95 Å². The molecule has 23 heavy (non-hydrogen) atoms. The van der Waals surface area contributed by atoms with E-state index in [-0.39, 0.29) is 18.2 Å². The third-order valence-corrected chi connectivity index (χ3v) is 4.10. The van der Waals surface area contributed by atoms with E-state index in [9.17, 15) is 4.79 Å². The molecule has 3 heterocycles. The van der Waals surface area contributed by atoms with Crippen molar-refractivity contribution in [1.82, 2.24) is 20.3 Å². The van der Waals surface area contributed by atoms with Crippen LogP contribution in [0.3, 0.4) is 0 Å². The predicted octanol–water partition coefficient (Wildman–Crippen LogP) is 1.15. The largest absolute Gasteiger partial charge is 0.444 e. The van der Waals surface area contributed by atoms with E-state index in [1.807, 2.05) is 25.7 Å². The molecule has 8 heteroatoms. The number of aromatic nitrogens is 2. The lowest BCUT2D eigenvalue weighted by Gasteiger charge is -2.35. The molecular formula is C15H23N5O3. The Morgan fingerprint density at radius 2 is 2.04 bits per heavy atom. The molecule has 1 aromatic rings. The fourth-order valence-corrected chi connectivity index (χ4v) is 3.13. The number of nitrogens with one attached hydrogen (secondary N) is 1. The molecule has 1 amide bonds. The molecular weight excluding hydrogens is 298 g/mol. The standard InChI is InChI=1S/C15H23N5O3/c1-15(2,3)23-14(21)20-9-11-4-12(20)8-19(11)13-16-5-10(6-17-13)7-18-22/h5-6,11-12,18,22H,4,7-9H2,1-3H3/t11-,12-/m0/s1. The molecule has 0 aliphatic carbocycles. The lowest BCUT2D eigenvalue weighted by Crippen LogP contribution is -2.50. The van der Waals surface area contributed by atoms with Crippen LogP contribution in [0.1, 0.15) is 32.8 Å². The first kappa shape index (κ1) is 15.9. The SMILES string of the molecule is CC(C)(C)OC(=O)N1C[C@@H]2C[C@H]1CN2c1ncc(CNO)cn1. The number of fused-ring (bicyclic) bond motifs is 2. The van der Waals surface area contributed by atoms with Crippen molar-refractivity contribution in [2.45, 2.75) is 51.4 Å². The number of hydroxylamine groups is 1. The molecule has 2 atom stereocenters. The molecule has 3 rings (SSSR count). The topological polar surface area (TPSA) is 90.8 Å². The van der Waals surface area contributed by atoms with Crippen molar-refractivity contribution in [1.29, 1.82) is 0 Å². The van der Waals surface area contributed by atoms with Gasteiger partial charge in [-0.25, -0.2) is 20.2 Å². The van der Waals surface area contributed by atoms with Crippen molar-refractivity contribution in [3.05, 3.63) is 18.0 Å². The van der Waals surface area contributed by atoms with Crippen molar-refractivity contribution in [2.75, 3.05) is 18.0 Å². The van der Waals surface area contributed by atoms with E-state index in [0.717, 1.165) is 18.5 Å². The van der Waals surface area contributed by atoms with E-state index in [0.29, 0.717) is 19.0 Å². The van der Waals surface area contributed by atoms with Crippen LogP contribution in [0.5, 0.6) is 0 Å². The molecule has 0 unspecified atom stereocenters. The van der Waals surface area contributed by atoms with Gasteiger partial charge in [-0.3, -0.25) is 0 Å². The molecule has 0 aromatic carbocycles. The number of nitrogens with zero attached hydrogens (tertiary/aromatic N) is 4. The normalized spacial score (nSPS) is 23.5. The second-order valence-electron chi connectivity index (χ2n) is 7.05. The number of piperazine rings is 1. The van der Waals surface area contributed by atoms with Gasteiger partial charge in [0.25, 0.3) is 0 Å². The minimum absolute atomic E-state index is 0.150. The van der Waals surface area contributed by atoms with Crippen LogP contribution in [-0.2, 0) is 11.3 Å². The van der Waals surface area contributed by atoms with Crippen molar-refractivity contribution >= 4 is 12.0 Å². The number of rotatable bonds is 3. The fraction of sp³-hybridized carbons (Fsp3) is 0.667. The van der Waals surface area contributed by atoms with Crippen molar-refractivity contribution < 1.29 is 14.7 Å². The highest BCUT2D eigenvalue weighted by atomic mass is 16.6. The zero-order chi connectivity index (χ0) is 16.6. The minimum atomic E-state index is -0.474. The lowest BCUT2D eigenvalue weighted by atomic mass is 10.2. The van der Waals surface area contributed by atoms with E-state index >= 15 is 0 Å². The smallest absolute Gasteiger partial charge is 0.410 e. The van der Waals surface area contributed by atoms with Gasteiger partial charge in [0.1, 0.15) is 5.60 Å². The van der Waals surface area contributed by atoms with Crippen LogP contribution in [0.2, 0.25) is 0 Å². The van der Waals surface area contributed by atoms with Gasteiger partial charge in [-0.2, -0.15) is 0 Å². The van der Waals surface area contributed by atoms with Crippen LogP contribution in [0.15, 0.2) is 12.4 Å². The van der Waals surface area contributed by atoms with Gasteiger partial charge in [-0.05, 0) is 27.2 Å². The fourth-order valence-electron chi connectivity index (χ4n) is 3.13. The predicted molar refractivity (Wildman–Crippen MR) is 83.1 cm³/mol. The summed E-state index contributed by atoms with van der Waals surface area (Å²) in [5.74, 6) is 0.669.